The second-order valence-corrected chi connectivity index (χ2v) is 5.76. The Kier molecular flexibility index (Phi) is 5.54. The molecule has 114 valence electrons. The minimum Gasteiger partial charge on any atom is -0.346 e. The van der Waals surface area contributed by atoms with Crippen molar-refractivity contribution in [2.75, 3.05) is 0 Å². The van der Waals surface area contributed by atoms with Crippen LogP contribution in [0.5, 0.6) is 0 Å². The van der Waals surface area contributed by atoms with Crippen LogP contribution < -0.4 is 5.32 Å². The van der Waals surface area contributed by atoms with Crippen LogP contribution in [0.1, 0.15) is 37.9 Å². The maximum absolute atomic E-state index is 12.3. The lowest BCUT2D eigenvalue weighted by Gasteiger charge is -2.15. The molecule has 2 aromatic carbocycles. The Balaban J connectivity index is 2.14. The van der Waals surface area contributed by atoms with Crippen LogP contribution in [0.15, 0.2) is 66.7 Å². The Morgan fingerprint density at radius 3 is 2.00 bits per heavy atom. The van der Waals surface area contributed by atoms with Crippen molar-refractivity contribution in [1.29, 1.82) is 0 Å². The van der Waals surface area contributed by atoms with Gasteiger partial charge in [0.05, 0.1) is 6.04 Å². The van der Waals surface area contributed by atoms with E-state index < -0.39 is 0 Å². The quantitative estimate of drug-likeness (QED) is 0.802. The molecule has 0 unspecified atom stereocenters. The van der Waals surface area contributed by atoms with Gasteiger partial charge in [-0.15, -0.1) is 0 Å². The molecule has 1 atom stereocenters. The molecule has 1 amide bonds. The average molecular weight is 293 g/mol. The number of nitrogens with one attached hydrogen (secondary N) is 1. The first-order chi connectivity index (χ1) is 10.6. The third-order valence-corrected chi connectivity index (χ3v) is 3.67. The second-order valence-electron chi connectivity index (χ2n) is 5.76. The molecule has 22 heavy (non-hydrogen) atoms. The Morgan fingerprint density at radius 1 is 0.909 bits per heavy atom. The third-order valence-electron chi connectivity index (χ3n) is 3.67. The van der Waals surface area contributed by atoms with Gasteiger partial charge in [0.1, 0.15) is 0 Å². The zero-order valence-electron chi connectivity index (χ0n) is 13.4. The van der Waals surface area contributed by atoms with Crippen LogP contribution in [-0.4, -0.2) is 5.91 Å². The molecule has 2 heteroatoms. The van der Waals surface area contributed by atoms with Crippen LogP contribution in [-0.2, 0) is 4.79 Å². The fraction of sp³-hybridized carbons (Fsp3) is 0.250. The zero-order chi connectivity index (χ0) is 15.9. The number of allylic oxidation sites excluding steroid dienone is 1. The lowest BCUT2D eigenvalue weighted by atomic mass is 9.95. The molecule has 0 fully saturated rings. The predicted octanol–water partition coefficient (Wildman–Crippen LogP) is 4.60. The van der Waals surface area contributed by atoms with E-state index in [1.54, 1.807) is 6.08 Å². The minimum atomic E-state index is -0.0519. The summed E-state index contributed by atoms with van der Waals surface area (Å²) in [6.07, 6.45) is 1.72. The average Bonchev–Trinajstić information content (AvgIpc) is 2.54. The first-order valence-corrected chi connectivity index (χ1v) is 7.70. The predicted molar refractivity (Wildman–Crippen MR) is 92.3 cm³/mol. The maximum atomic E-state index is 12.3. The van der Waals surface area contributed by atoms with Gasteiger partial charge in [-0.1, -0.05) is 74.5 Å². The summed E-state index contributed by atoms with van der Waals surface area (Å²) < 4.78 is 0. The van der Waals surface area contributed by atoms with Gasteiger partial charge in [0.25, 0.3) is 0 Å². The molecular weight excluding hydrogens is 270 g/mol. The molecule has 2 rings (SSSR count). The number of amides is 1. The standard InChI is InChI=1S/C20H23NO/c1-15(2)19(18-12-8-5-9-13-18)14-20(22)21-16(3)17-10-6-4-7-11-17/h4-16H,1-3H3,(H,21,22)/b19-14+/t16-/m0/s1. The summed E-state index contributed by atoms with van der Waals surface area (Å²) in [7, 11) is 0. The van der Waals surface area contributed by atoms with Crippen molar-refractivity contribution in [2.45, 2.75) is 26.8 Å². The summed E-state index contributed by atoms with van der Waals surface area (Å²) in [6.45, 7) is 6.21. The van der Waals surface area contributed by atoms with Gasteiger partial charge in [0.2, 0.25) is 5.91 Å². The van der Waals surface area contributed by atoms with E-state index in [1.807, 2.05) is 67.6 Å². The molecule has 1 N–H and O–H groups in total. The van der Waals surface area contributed by atoms with E-state index in [2.05, 4.69) is 19.2 Å². The van der Waals surface area contributed by atoms with Gasteiger partial charge in [-0.25, -0.2) is 0 Å². The molecule has 0 spiro atoms. The fourth-order valence-electron chi connectivity index (χ4n) is 2.44. The van der Waals surface area contributed by atoms with Crippen molar-refractivity contribution in [2.24, 2.45) is 5.92 Å². The molecule has 0 aliphatic heterocycles. The first kappa shape index (κ1) is 16.0. The van der Waals surface area contributed by atoms with E-state index in [1.165, 1.54) is 0 Å². The highest BCUT2D eigenvalue weighted by atomic mass is 16.1. The second kappa shape index (κ2) is 7.60. The summed E-state index contributed by atoms with van der Waals surface area (Å²) in [5.74, 6) is 0.240. The largest absolute Gasteiger partial charge is 0.346 e. The van der Waals surface area contributed by atoms with Gasteiger partial charge in [0, 0.05) is 6.08 Å². The Morgan fingerprint density at radius 2 is 1.45 bits per heavy atom. The van der Waals surface area contributed by atoms with Gasteiger partial charge in [-0.05, 0) is 29.5 Å². The molecule has 0 heterocycles. The highest BCUT2D eigenvalue weighted by molar-refractivity contribution is 5.95. The summed E-state index contributed by atoms with van der Waals surface area (Å²) in [5.41, 5.74) is 3.26. The summed E-state index contributed by atoms with van der Waals surface area (Å²) in [6, 6.07) is 20.0. The van der Waals surface area contributed by atoms with E-state index >= 15 is 0 Å². The number of hydrogen-bond acceptors (Lipinski definition) is 1. The number of benzene rings is 2. The molecule has 0 radical (unpaired) electrons. The highest BCUT2D eigenvalue weighted by Crippen LogP contribution is 2.22. The van der Waals surface area contributed by atoms with E-state index in [0.29, 0.717) is 5.92 Å². The van der Waals surface area contributed by atoms with Crippen LogP contribution >= 0.6 is 0 Å². The summed E-state index contributed by atoms with van der Waals surface area (Å²) in [5, 5.41) is 3.04. The van der Waals surface area contributed by atoms with Crippen molar-refractivity contribution in [3.05, 3.63) is 77.9 Å². The third kappa shape index (κ3) is 4.32. The van der Waals surface area contributed by atoms with Crippen LogP contribution in [0, 0.1) is 5.92 Å². The molecule has 0 aliphatic carbocycles. The molecule has 0 aromatic heterocycles. The van der Waals surface area contributed by atoms with Gasteiger partial charge >= 0.3 is 0 Å². The fourth-order valence-corrected chi connectivity index (χ4v) is 2.44. The van der Waals surface area contributed by atoms with Crippen molar-refractivity contribution in [1.82, 2.24) is 5.32 Å². The van der Waals surface area contributed by atoms with Crippen LogP contribution in [0.2, 0.25) is 0 Å². The van der Waals surface area contributed by atoms with Gasteiger partial charge in [0.15, 0.2) is 0 Å². The van der Waals surface area contributed by atoms with E-state index in [4.69, 9.17) is 0 Å². The van der Waals surface area contributed by atoms with Crippen molar-refractivity contribution < 1.29 is 4.79 Å². The molecule has 2 nitrogen and oxygen atoms in total. The lowest BCUT2D eigenvalue weighted by molar-refractivity contribution is -0.117. The van der Waals surface area contributed by atoms with Crippen LogP contribution in [0.4, 0.5) is 0 Å². The van der Waals surface area contributed by atoms with E-state index in [0.717, 1.165) is 16.7 Å². The maximum Gasteiger partial charge on any atom is 0.244 e. The van der Waals surface area contributed by atoms with Crippen molar-refractivity contribution in [3.8, 4) is 0 Å². The number of rotatable bonds is 5. The molecule has 0 bridgehead atoms. The normalized spacial score (nSPS) is 13.0. The highest BCUT2D eigenvalue weighted by Gasteiger charge is 2.11. The van der Waals surface area contributed by atoms with Gasteiger partial charge in [-0.3, -0.25) is 4.79 Å². The lowest BCUT2D eigenvalue weighted by Crippen LogP contribution is -2.25. The molecule has 2 aromatic rings. The zero-order valence-corrected chi connectivity index (χ0v) is 13.4. The monoisotopic (exact) mass is 293 g/mol. The summed E-state index contributed by atoms with van der Waals surface area (Å²) in [4.78, 5) is 12.3. The van der Waals surface area contributed by atoms with E-state index in [9.17, 15) is 4.79 Å². The van der Waals surface area contributed by atoms with Crippen LogP contribution in [0.3, 0.4) is 0 Å². The SMILES string of the molecule is CC(C)/C(=C\C(=O)N[C@@H](C)c1ccccc1)c1ccccc1. The number of carbonyl (C=O) groups is 1. The molecule has 0 aliphatic rings. The summed E-state index contributed by atoms with van der Waals surface area (Å²) >= 11 is 0. The van der Waals surface area contributed by atoms with Gasteiger partial charge in [-0.2, -0.15) is 0 Å². The minimum absolute atomic E-state index is 0.00543. The molecule has 0 saturated carbocycles. The van der Waals surface area contributed by atoms with Gasteiger partial charge < -0.3 is 5.32 Å². The first-order valence-electron chi connectivity index (χ1n) is 7.70. The van der Waals surface area contributed by atoms with Crippen LogP contribution in [0.25, 0.3) is 5.57 Å². The van der Waals surface area contributed by atoms with E-state index in [-0.39, 0.29) is 11.9 Å². The molecule has 0 saturated heterocycles. The topological polar surface area (TPSA) is 29.1 Å². The smallest absolute Gasteiger partial charge is 0.244 e. The van der Waals surface area contributed by atoms with Crippen molar-refractivity contribution >= 4 is 11.5 Å². The number of hydrogen-bond donors (Lipinski definition) is 1. The molecular formula is C20H23NO. The number of carbonyl (C=O) groups excluding carboxylic acids is 1. The Labute approximate surface area is 132 Å². The van der Waals surface area contributed by atoms with Crippen molar-refractivity contribution in [3.63, 3.8) is 0 Å². The Hall–Kier alpha value is -2.35. The Bertz CT molecular complexity index is 629.